The maximum absolute atomic E-state index is 13.3. The van der Waals surface area contributed by atoms with Gasteiger partial charge in [-0.3, -0.25) is 4.98 Å². The number of nitrogens with zero attached hydrogens (tertiary/aromatic N) is 1. The zero-order valence-corrected chi connectivity index (χ0v) is 8.30. The van der Waals surface area contributed by atoms with Gasteiger partial charge in [0.25, 0.3) is 0 Å². The summed E-state index contributed by atoms with van der Waals surface area (Å²) in [4.78, 5) is 3.95. The van der Waals surface area contributed by atoms with Crippen molar-refractivity contribution in [2.24, 2.45) is 0 Å². The van der Waals surface area contributed by atoms with Gasteiger partial charge in [-0.1, -0.05) is 11.6 Å². The molecule has 1 nitrogen and oxygen atoms in total. The molecule has 0 saturated carbocycles. The predicted octanol–water partition coefficient (Wildman–Crippen LogP) is 3.68. The summed E-state index contributed by atoms with van der Waals surface area (Å²) in [6.45, 7) is 0. The van der Waals surface area contributed by atoms with Gasteiger partial charge in [0.15, 0.2) is 0 Å². The number of pyridine rings is 1. The van der Waals surface area contributed by atoms with Gasteiger partial charge in [-0.25, -0.2) is 8.78 Å². The molecule has 2 aromatic rings. The molecule has 2 rings (SSSR count). The number of rotatable bonds is 1. The van der Waals surface area contributed by atoms with Gasteiger partial charge in [0, 0.05) is 22.8 Å². The Morgan fingerprint density at radius 1 is 1.07 bits per heavy atom. The van der Waals surface area contributed by atoms with Crippen LogP contribution in [0, 0.1) is 11.6 Å². The number of hydrogen-bond acceptors (Lipinski definition) is 1. The van der Waals surface area contributed by atoms with E-state index in [4.69, 9.17) is 11.6 Å². The van der Waals surface area contributed by atoms with Gasteiger partial charge in [0.05, 0.1) is 5.69 Å². The summed E-state index contributed by atoms with van der Waals surface area (Å²) in [5.74, 6) is -1.26. The van der Waals surface area contributed by atoms with Crippen LogP contribution in [0.2, 0.25) is 5.02 Å². The second-order valence-electron chi connectivity index (χ2n) is 2.98. The lowest BCUT2D eigenvalue weighted by atomic mass is 10.1. The first-order valence-electron chi connectivity index (χ1n) is 4.24. The van der Waals surface area contributed by atoms with E-state index in [-0.39, 0.29) is 5.56 Å². The van der Waals surface area contributed by atoms with Gasteiger partial charge in [-0.2, -0.15) is 0 Å². The maximum atomic E-state index is 13.3. The van der Waals surface area contributed by atoms with Gasteiger partial charge in [-0.15, -0.1) is 0 Å². The quantitative estimate of drug-likeness (QED) is 0.722. The summed E-state index contributed by atoms with van der Waals surface area (Å²) >= 11 is 5.74. The molecular weight excluding hydrogens is 220 g/mol. The lowest BCUT2D eigenvalue weighted by Gasteiger charge is -2.02. The topological polar surface area (TPSA) is 12.9 Å². The van der Waals surface area contributed by atoms with Crippen LogP contribution in [0.4, 0.5) is 8.78 Å². The lowest BCUT2D eigenvalue weighted by molar-refractivity contribution is 0.585. The van der Waals surface area contributed by atoms with E-state index < -0.39 is 11.6 Å². The Morgan fingerprint density at radius 2 is 1.87 bits per heavy atom. The molecule has 15 heavy (non-hydrogen) atoms. The van der Waals surface area contributed by atoms with E-state index in [0.717, 1.165) is 6.07 Å². The Balaban J connectivity index is 2.54. The highest BCUT2D eigenvalue weighted by Crippen LogP contribution is 2.23. The average molecular weight is 226 g/mol. The molecule has 0 N–H and O–H groups in total. The third kappa shape index (κ3) is 2.13. The minimum absolute atomic E-state index is 0.235. The van der Waals surface area contributed by atoms with E-state index >= 15 is 0 Å². The molecule has 1 aromatic carbocycles. The summed E-state index contributed by atoms with van der Waals surface area (Å²) < 4.78 is 26.0. The van der Waals surface area contributed by atoms with Crippen molar-refractivity contribution in [1.29, 1.82) is 0 Å². The van der Waals surface area contributed by atoms with Crippen molar-refractivity contribution in [3.8, 4) is 11.3 Å². The maximum Gasteiger partial charge on any atom is 0.135 e. The van der Waals surface area contributed by atoms with Gasteiger partial charge < -0.3 is 0 Å². The first-order valence-corrected chi connectivity index (χ1v) is 4.61. The van der Waals surface area contributed by atoms with E-state index in [1.165, 1.54) is 24.4 Å². The van der Waals surface area contributed by atoms with Gasteiger partial charge >= 0.3 is 0 Å². The highest BCUT2D eigenvalue weighted by atomic mass is 35.5. The van der Waals surface area contributed by atoms with E-state index in [0.29, 0.717) is 10.7 Å². The van der Waals surface area contributed by atoms with Crippen molar-refractivity contribution in [3.63, 3.8) is 0 Å². The number of benzene rings is 1. The van der Waals surface area contributed by atoms with E-state index in [9.17, 15) is 8.78 Å². The molecular formula is C11H6ClF2N. The highest BCUT2D eigenvalue weighted by Gasteiger charge is 2.07. The number of halogens is 3. The van der Waals surface area contributed by atoms with Crippen LogP contribution in [0.25, 0.3) is 11.3 Å². The van der Waals surface area contributed by atoms with Crippen LogP contribution in [-0.4, -0.2) is 4.98 Å². The first kappa shape index (κ1) is 10.1. The fraction of sp³-hybridized carbons (Fsp3) is 0. The number of hydrogen-bond donors (Lipinski definition) is 0. The minimum atomic E-state index is -0.648. The van der Waals surface area contributed by atoms with Crippen LogP contribution < -0.4 is 0 Å². The van der Waals surface area contributed by atoms with Crippen molar-refractivity contribution in [2.45, 2.75) is 0 Å². The molecule has 4 heteroatoms. The fourth-order valence-corrected chi connectivity index (χ4v) is 1.41. The molecule has 0 aliphatic rings. The Hall–Kier alpha value is -1.48. The largest absolute Gasteiger partial charge is 0.256 e. The van der Waals surface area contributed by atoms with E-state index in [1.807, 2.05) is 0 Å². The third-order valence-electron chi connectivity index (χ3n) is 1.93. The fourth-order valence-electron chi connectivity index (χ4n) is 1.25. The van der Waals surface area contributed by atoms with Crippen LogP contribution in [0.1, 0.15) is 0 Å². The summed E-state index contributed by atoms with van der Waals surface area (Å²) in [7, 11) is 0. The number of aromatic nitrogens is 1. The third-order valence-corrected chi connectivity index (χ3v) is 2.16. The molecule has 0 amide bonds. The van der Waals surface area contributed by atoms with Crippen LogP contribution in [0.5, 0.6) is 0 Å². The molecule has 76 valence electrons. The van der Waals surface area contributed by atoms with Crippen LogP contribution >= 0.6 is 11.6 Å². The highest BCUT2D eigenvalue weighted by molar-refractivity contribution is 6.30. The zero-order valence-electron chi connectivity index (χ0n) is 7.55. The summed E-state index contributed by atoms with van der Waals surface area (Å²) in [6, 6.07) is 6.45. The van der Waals surface area contributed by atoms with Crippen molar-refractivity contribution in [3.05, 3.63) is 53.2 Å². The molecule has 0 spiro atoms. The van der Waals surface area contributed by atoms with Crippen molar-refractivity contribution < 1.29 is 8.78 Å². The molecule has 0 bridgehead atoms. The van der Waals surface area contributed by atoms with E-state index in [2.05, 4.69) is 4.98 Å². The molecule has 0 unspecified atom stereocenters. The normalized spacial score (nSPS) is 10.3. The smallest absolute Gasteiger partial charge is 0.135 e. The summed E-state index contributed by atoms with van der Waals surface area (Å²) in [5, 5.41) is 0.462. The molecule has 0 atom stereocenters. The SMILES string of the molecule is Fc1ccc(-c2cc(Cl)ccn2)c(F)c1. The Labute approximate surface area is 90.3 Å². The Kier molecular flexibility index (Phi) is 2.64. The molecule has 1 aromatic heterocycles. The molecule has 0 fully saturated rings. The molecule has 1 heterocycles. The van der Waals surface area contributed by atoms with Crippen molar-refractivity contribution in [1.82, 2.24) is 4.98 Å². The summed E-state index contributed by atoms with van der Waals surface area (Å²) in [6.07, 6.45) is 1.47. The lowest BCUT2D eigenvalue weighted by Crippen LogP contribution is -1.88. The Morgan fingerprint density at radius 3 is 2.53 bits per heavy atom. The predicted molar refractivity (Wildman–Crippen MR) is 54.6 cm³/mol. The standard InChI is InChI=1S/C11H6ClF2N/c12-7-3-4-15-11(5-7)9-2-1-8(13)6-10(9)14/h1-6H. The second kappa shape index (κ2) is 3.95. The second-order valence-corrected chi connectivity index (χ2v) is 3.42. The van der Waals surface area contributed by atoms with E-state index in [1.54, 1.807) is 6.07 Å². The molecule has 0 radical (unpaired) electrons. The first-order chi connectivity index (χ1) is 7.16. The summed E-state index contributed by atoms with van der Waals surface area (Å²) in [5.41, 5.74) is 0.624. The zero-order chi connectivity index (χ0) is 10.8. The van der Waals surface area contributed by atoms with Gasteiger partial charge in [0.2, 0.25) is 0 Å². The van der Waals surface area contributed by atoms with Crippen LogP contribution in [0.15, 0.2) is 36.5 Å². The average Bonchev–Trinajstić information content (AvgIpc) is 2.17. The molecule has 0 aliphatic heterocycles. The van der Waals surface area contributed by atoms with Crippen LogP contribution in [0.3, 0.4) is 0 Å². The minimum Gasteiger partial charge on any atom is -0.256 e. The molecule has 0 saturated heterocycles. The van der Waals surface area contributed by atoms with Crippen LogP contribution in [-0.2, 0) is 0 Å². The van der Waals surface area contributed by atoms with Gasteiger partial charge in [-0.05, 0) is 24.3 Å². The van der Waals surface area contributed by atoms with Crippen molar-refractivity contribution in [2.75, 3.05) is 0 Å². The molecule has 0 aliphatic carbocycles. The van der Waals surface area contributed by atoms with Gasteiger partial charge in [0.1, 0.15) is 11.6 Å². The Bertz CT molecular complexity index is 500. The van der Waals surface area contributed by atoms with Crippen molar-refractivity contribution >= 4 is 11.6 Å². The monoisotopic (exact) mass is 225 g/mol.